The average molecular weight is 310 g/mol. The van der Waals surface area contributed by atoms with Crippen molar-refractivity contribution in [3.05, 3.63) is 59.7 Å². The summed E-state index contributed by atoms with van der Waals surface area (Å²) in [5.41, 5.74) is 8.20. The first-order valence-corrected chi connectivity index (χ1v) is 6.69. The largest absolute Gasteiger partial charge is 0.573 e. The zero-order valence-electron chi connectivity index (χ0n) is 12.1. The molecule has 0 fully saturated rings. The Morgan fingerprint density at radius 2 is 1.59 bits per heavy atom. The molecule has 0 bridgehead atoms. The van der Waals surface area contributed by atoms with Crippen LogP contribution < -0.4 is 10.5 Å². The number of nitrogen functional groups attached to an aromatic ring is 1. The van der Waals surface area contributed by atoms with E-state index in [9.17, 15) is 13.2 Å². The van der Waals surface area contributed by atoms with Crippen LogP contribution in [0.1, 0.15) is 11.1 Å². The lowest BCUT2D eigenvalue weighted by molar-refractivity contribution is -0.274. The van der Waals surface area contributed by atoms with Gasteiger partial charge in [-0.3, -0.25) is 4.90 Å². The van der Waals surface area contributed by atoms with Gasteiger partial charge in [0.2, 0.25) is 0 Å². The molecule has 6 heteroatoms. The minimum Gasteiger partial charge on any atom is -0.406 e. The molecular weight excluding hydrogens is 293 g/mol. The Balaban J connectivity index is 1.99. The zero-order valence-corrected chi connectivity index (χ0v) is 12.1. The second-order valence-corrected chi connectivity index (χ2v) is 5.11. The summed E-state index contributed by atoms with van der Waals surface area (Å²) in [5, 5.41) is 0. The number of anilines is 1. The van der Waals surface area contributed by atoms with Crippen LogP contribution in [0.25, 0.3) is 0 Å². The van der Waals surface area contributed by atoms with Crippen LogP contribution in [0.15, 0.2) is 48.5 Å². The number of ether oxygens (including phenoxy) is 1. The monoisotopic (exact) mass is 310 g/mol. The van der Waals surface area contributed by atoms with E-state index in [1.807, 2.05) is 30.1 Å². The minimum absolute atomic E-state index is 0.206. The van der Waals surface area contributed by atoms with Gasteiger partial charge in [-0.2, -0.15) is 0 Å². The van der Waals surface area contributed by atoms with Crippen molar-refractivity contribution in [2.75, 3.05) is 12.8 Å². The van der Waals surface area contributed by atoms with Crippen molar-refractivity contribution in [3.63, 3.8) is 0 Å². The van der Waals surface area contributed by atoms with E-state index in [4.69, 9.17) is 5.73 Å². The third-order valence-electron chi connectivity index (χ3n) is 2.99. The molecule has 0 unspecified atom stereocenters. The van der Waals surface area contributed by atoms with Crippen LogP contribution in [-0.4, -0.2) is 18.3 Å². The third kappa shape index (κ3) is 5.29. The molecule has 2 aromatic carbocycles. The molecule has 0 saturated heterocycles. The number of rotatable bonds is 5. The molecule has 0 saturated carbocycles. The SMILES string of the molecule is CN(Cc1cccc(N)c1)Cc1cccc(OC(F)(F)F)c1. The fourth-order valence-corrected chi connectivity index (χ4v) is 2.21. The third-order valence-corrected chi connectivity index (χ3v) is 2.99. The maximum absolute atomic E-state index is 12.2. The van der Waals surface area contributed by atoms with E-state index in [0.717, 1.165) is 11.1 Å². The normalized spacial score (nSPS) is 11.7. The molecular formula is C16H17F3N2O. The number of nitrogens with zero attached hydrogens (tertiary/aromatic N) is 1. The van der Waals surface area contributed by atoms with Gasteiger partial charge in [0.1, 0.15) is 5.75 Å². The fraction of sp³-hybridized carbons (Fsp3) is 0.250. The summed E-state index contributed by atoms with van der Waals surface area (Å²) >= 11 is 0. The van der Waals surface area contributed by atoms with E-state index in [2.05, 4.69) is 4.74 Å². The van der Waals surface area contributed by atoms with Crippen molar-refractivity contribution < 1.29 is 17.9 Å². The number of benzene rings is 2. The van der Waals surface area contributed by atoms with Crippen molar-refractivity contribution in [1.82, 2.24) is 4.90 Å². The fourth-order valence-electron chi connectivity index (χ4n) is 2.21. The summed E-state index contributed by atoms with van der Waals surface area (Å²) in [7, 11) is 1.89. The Labute approximate surface area is 127 Å². The molecule has 0 atom stereocenters. The Kier molecular flexibility index (Phi) is 4.92. The minimum atomic E-state index is -4.67. The molecule has 22 heavy (non-hydrogen) atoms. The van der Waals surface area contributed by atoms with Crippen LogP contribution in [-0.2, 0) is 13.1 Å². The Morgan fingerprint density at radius 3 is 2.18 bits per heavy atom. The first kappa shape index (κ1) is 16.2. The molecule has 118 valence electrons. The molecule has 0 aliphatic carbocycles. The summed E-state index contributed by atoms with van der Waals surface area (Å²) in [5.74, 6) is -0.206. The quantitative estimate of drug-likeness (QED) is 0.854. The number of nitrogens with two attached hydrogens (primary N) is 1. The van der Waals surface area contributed by atoms with Gasteiger partial charge in [0.25, 0.3) is 0 Å². The summed E-state index contributed by atoms with van der Waals surface area (Å²) in [6, 6.07) is 13.5. The van der Waals surface area contributed by atoms with Crippen molar-refractivity contribution in [3.8, 4) is 5.75 Å². The van der Waals surface area contributed by atoms with E-state index < -0.39 is 6.36 Å². The van der Waals surface area contributed by atoms with Crippen LogP contribution in [0, 0.1) is 0 Å². The zero-order chi connectivity index (χ0) is 16.2. The molecule has 2 N–H and O–H groups in total. The first-order chi connectivity index (χ1) is 10.3. The second-order valence-electron chi connectivity index (χ2n) is 5.11. The Morgan fingerprint density at radius 1 is 1.00 bits per heavy atom. The maximum Gasteiger partial charge on any atom is 0.573 e. The van der Waals surface area contributed by atoms with E-state index in [0.29, 0.717) is 18.8 Å². The van der Waals surface area contributed by atoms with Crippen LogP contribution >= 0.6 is 0 Å². The van der Waals surface area contributed by atoms with E-state index in [1.54, 1.807) is 18.2 Å². The molecule has 0 amide bonds. The van der Waals surface area contributed by atoms with Gasteiger partial charge in [0.15, 0.2) is 0 Å². The maximum atomic E-state index is 12.2. The highest BCUT2D eigenvalue weighted by atomic mass is 19.4. The van der Waals surface area contributed by atoms with Crippen LogP contribution in [0.3, 0.4) is 0 Å². The average Bonchev–Trinajstić information content (AvgIpc) is 2.36. The lowest BCUT2D eigenvalue weighted by Crippen LogP contribution is -2.19. The smallest absolute Gasteiger partial charge is 0.406 e. The van der Waals surface area contributed by atoms with Crippen LogP contribution in [0.4, 0.5) is 18.9 Å². The van der Waals surface area contributed by atoms with E-state index in [1.165, 1.54) is 12.1 Å². The number of hydrogen-bond donors (Lipinski definition) is 1. The van der Waals surface area contributed by atoms with Crippen molar-refractivity contribution >= 4 is 5.69 Å². The van der Waals surface area contributed by atoms with Gasteiger partial charge in [0.05, 0.1) is 0 Å². The second kappa shape index (κ2) is 6.70. The molecule has 0 aliphatic heterocycles. The molecule has 0 radical (unpaired) electrons. The molecule has 0 aromatic heterocycles. The van der Waals surface area contributed by atoms with Gasteiger partial charge < -0.3 is 10.5 Å². The molecule has 0 aliphatic rings. The highest BCUT2D eigenvalue weighted by Gasteiger charge is 2.31. The molecule has 3 nitrogen and oxygen atoms in total. The summed E-state index contributed by atoms with van der Waals surface area (Å²) in [6.45, 7) is 1.15. The summed E-state index contributed by atoms with van der Waals surface area (Å²) < 4.78 is 40.6. The van der Waals surface area contributed by atoms with Gasteiger partial charge in [-0.05, 0) is 42.4 Å². The van der Waals surface area contributed by atoms with Gasteiger partial charge in [-0.1, -0.05) is 24.3 Å². The number of alkyl halides is 3. The highest BCUT2D eigenvalue weighted by molar-refractivity contribution is 5.40. The predicted molar refractivity (Wildman–Crippen MR) is 79.2 cm³/mol. The van der Waals surface area contributed by atoms with Gasteiger partial charge in [-0.25, -0.2) is 0 Å². The Hall–Kier alpha value is -2.21. The lowest BCUT2D eigenvalue weighted by Gasteiger charge is -2.18. The lowest BCUT2D eigenvalue weighted by atomic mass is 10.1. The molecule has 0 heterocycles. The highest BCUT2D eigenvalue weighted by Crippen LogP contribution is 2.23. The first-order valence-electron chi connectivity index (χ1n) is 6.69. The topological polar surface area (TPSA) is 38.5 Å². The standard InChI is InChI=1S/C16H17F3N2O/c1-21(10-12-4-2-6-14(20)8-12)11-13-5-3-7-15(9-13)22-16(17,18)19/h2-9H,10-11,20H2,1H3. The van der Waals surface area contributed by atoms with Crippen molar-refractivity contribution in [2.45, 2.75) is 19.5 Å². The number of halogens is 3. The van der Waals surface area contributed by atoms with Gasteiger partial charge in [0, 0.05) is 18.8 Å². The molecule has 2 rings (SSSR count). The summed E-state index contributed by atoms with van der Waals surface area (Å²) in [4.78, 5) is 1.99. The van der Waals surface area contributed by atoms with Crippen molar-refractivity contribution in [2.24, 2.45) is 0 Å². The Bertz CT molecular complexity index is 629. The van der Waals surface area contributed by atoms with E-state index >= 15 is 0 Å². The van der Waals surface area contributed by atoms with Crippen molar-refractivity contribution in [1.29, 1.82) is 0 Å². The number of hydrogen-bond acceptors (Lipinski definition) is 3. The van der Waals surface area contributed by atoms with E-state index in [-0.39, 0.29) is 5.75 Å². The predicted octanol–water partition coefficient (Wildman–Crippen LogP) is 3.80. The summed E-state index contributed by atoms with van der Waals surface area (Å²) in [6.07, 6.45) is -4.67. The van der Waals surface area contributed by atoms with Crippen LogP contribution in [0.5, 0.6) is 5.75 Å². The van der Waals surface area contributed by atoms with Crippen LogP contribution in [0.2, 0.25) is 0 Å². The molecule has 0 spiro atoms. The molecule has 2 aromatic rings. The van der Waals surface area contributed by atoms with Gasteiger partial charge in [-0.15, -0.1) is 13.2 Å². The van der Waals surface area contributed by atoms with Gasteiger partial charge >= 0.3 is 6.36 Å².